The Kier molecular flexibility index (Phi) is 2.42. The van der Waals surface area contributed by atoms with Crippen molar-refractivity contribution in [1.82, 2.24) is 9.13 Å². The van der Waals surface area contributed by atoms with Crippen LogP contribution in [0.1, 0.15) is 0 Å². The van der Waals surface area contributed by atoms with Gasteiger partial charge in [0.2, 0.25) is 0 Å². The van der Waals surface area contributed by atoms with Crippen molar-refractivity contribution < 1.29 is 0 Å². The van der Waals surface area contributed by atoms with Gasteiger partial charge in [0.15, 0.2) is 4.77 Å². The molecule has 0 aliphatic carbocycles. The van der Waals surface area contributed by atoms with Gasteiger partial charge in [-0.05, 0) is 12.2 Å². The van der Waals surface area contributed by atoms with Crippen molar-refractivity contribution in [2.45, 2.75) is 0 Å². The number of aromatic nitrogens is 2. The molecule has 1 rings (SSSR count). The third-order valence-corrected chi connectivity index (χ3v) is 2.48. The maximum absolute atomic E-state index is 11.4. The van der Waals surface area contributed by atoms with Crippen molar-refractivity contribution in [1.29, 1.82) is 0 Å². The van der Waals surface area contributed by atoms with E-state index < -0.39 is 0 Å². The van der Waals surface area contributed by atoms with Crippen molar-refractivity contribution in [2.75, 3.05) is 18.1 Å². The fraction of sp³-hybridized carbons (Fsp3) is 0.429. The van der Waals surface area contributed by atoms with Gasteiger partial charge in [0.1, 0.15) is 11.5 Å². The highest BCUT2D eigenvalue weighted by atomic mass is 32.1. The Hall–Kier alpha value is -1.30. The molecule has 0 saturated heterocycles. The van der Waals surface area contributed by atoms with Crippen LogP contribution >= 0.6 is 12.2 Å². The zero-order chi connectivity index (χ0) is 10.2. The van der Waals surface area contributed by atoms with Gasteiger partial charge in [-0.1, -0.05) is 0 Å². The summed E-state index contributed by atoms with van der Waals surface area (Å²) in [5.41, 5.74) is 5.51. The number of anilines is 2. The largest absolute Gasteiger partial charge is 0.391 e. The molecule has 0 aliphatic heterocycles. The highest BCUT2D eigenvalue weighted by Gasteiger charge is 2.08. The van der Waals surface area contributed by atoms with E-state index in [9.17, 15) is 4.79 Å². The standard InChI is InChI=1S/C7H12N4OS/c1-9-5-4(8)6(12)11(3)7(13)10(5)2/h9H,8H2,1-3H3. The van der Waals surface area contributed by atoms with E-state index in [2.05, 4.69) is 5.32 Å². The Morgan fingerprint density at radius 3 is 2.38 bits per heavy atom. The van der Waals surface area contributed by atoms with Crippen LogP contribution < -0.4 is 16.6 Å². The normalized spacial score (nSPS) is 10.1. The van der Waals surface area contributed by atoms with Gasteiger partial charge in [0, 0.05) is 21.1 Å². The smallest absolute Gasteiger partial charge is 0.279 e. The van der Waals surface area contributed by atoms with E-state index >= 15 is 0 Å². The van der Waals surface area contributed by atoms with Crippen LogP contribution in [-0.4, -0.2) is 16.2 Å². The Morgan fingerprint density at radius 1 is 1.38 bits per heavy atom. The second-order valence-corrected chi connectivity index (χ2v) is 3.08. The van der Waals surface area contributed by atoms with Crippen molar-refractivity contribution in [3.63, 3.8) is 0 Å². The van der Waals surface area contributed by atoms with Gasteiger partial charge in [-0.2, -0.15) is 0 Å². The predicted octanol–water partition coefficient (Wildman–Crippen LogP) is 0.0772. The van der Waals surface area contributed by atoms with E-state index in [1.54, 1.807) is 25.7 Å². The highest BCUT2D eigenvalue weighted by molar-refractivity contribution is 7.71. The monoisotopic (exact) mass is 200 g/mol. The summed E-state index contributed by atoms with van der Waals surface area (Å²) in [6.07, 6.45) is 0. The lowest BCUT2D eigenvalue weighted by Crippen LogP contribution is -2.26. The number of nitrogens with two attached hydrogens (primary N) is 1. The number of rotatable bonds is 1. The fourth-order valence-electron chi connectivity index (χ4n) is 1.17. The van der Waals surface area contributed by atoms with E-state index in [4.69, 9.17) is 18.0 Å². The van der Waals surface area contributed by atoms with Crippen LogP contribution in [0.5, 0.6) is 0 Å². The lowest BCUT2D eigenvalue weighted by molar-refractivity contribution is 0.727. The molecule has 1 aromatic rings. The summed E-state index contributed by atoms with van der Waals surface area (Å²) in [7, 11) is 5.05. The summed E-state index contributed by atoms with van der Waals surface area (Å²) in [5.74, 6) is 0.549. The first-order valence-corrected chi connectivity index (χ1v) is 4.14. The van der Waals surface area contributed by atoms with Gasteiger partial charge < -0.3 is 15.6 Å². The fourth-order valence-corrected chi connectivity index (χ4v) is 1.35. The van der Waals surface area contributed by atoms with Gasteiger partial charge in [-0.3, -0.25) is 9.36 Å². The first-order valence-electron chi connectivity index (χ1n) is 3.74. The molecule has 0 bridgehead atoms. The molecule has 1 heterocycles. The summed E-state index contributed by atoms with van der Waals surface area (Å²) in [5, 5.41) is 2.83. The lowest BCUT2D eigenvalue weighted by Gasteiger charge is -2.12. The number of nitrogen functional groups attached to an aromatic ring is 1. The molecule has 0 unspecified atom stereocenters. The second-order valence-electron chi connectivity index (χ2n) is 2.72. The molecule has 13 heavy (non-hydrogen) atoms. The van der Waals surface area contributed by atoms with Crippen LogP contribution in [0.15, 0.2) is 4.79 Å². The molecule has 0 radical (unpaired) electrons. The van der Waals surface area contributed by atoms with Crippen molar-refractivity contribution >= 4 is 23.7 Å². The van der Waals surface area contributed by atoms with Crippen molar-refractivity contribution in [3.05, 3.63) is 15.1 Å². The maximum Gasteiger partial charge on any atom is 0.279 e. The molecule has 72 valence electrons. The van der Waals surface area contributed by atoms with Gasteiger partial charge in [0.25, 0.3) is 5.56 Å². The van der Waals surface area contributed by atoms with Crippen LogP contribution in [0.3, 0.4) is 0 Å². The van der Waals surface area contributed by atoms with Crippen LogP contribution in [0.2, 0.25) is 0 Å². The Bertz CT molecular complexity index is 408. The summed E-state index contributed by atoms with van der Waals surface area (Å²) in [4.78, 5) is 11.4. The first kappa shape index (κ1) is 9.79. The van der Waals surface area contributed by atoms with E-state index in [0.717, 1.165) is 0 Å². The molecular formula is C7H12N4OS. The molecule has 0 amide bonds. The van der Waals surface area contributed by atoms with Gasteiger partial charge in [-0.15, -0.1) is 0 Å². The molecule has 5 nitrogen and oxygen atoms in total. The third-order valence-electron chi connectivity index (χ3n) is 1.94. The molecule has 0 atom stereocenters. The molecular weight excluding hydrogens is 188 g/mol. The van der Waals surface area contributed by atoms with Crippen molar-refractivity contribution in [3.8, 4) is 0 Å². The Morgan fingerprint density at radius 2 is 1.92 bits per heavy atom. The van der Waals surface area contributed by atoms with Crippen molar-refractivity contribution in [2.24, 2.45) is 14.1 Å². The third kappa shape index (κ3) is 1.33. The number of hydrogen-bond donors (Lipinski definition) is 2. The minimum atomic E-state index is -0.271. The minimum absolute atomic E-state index is 0.182. The van der Waals surface area contributed by atoms with Crippen LogP contribution in [0, 0.1) is 4.77 Å². The average molecular weight is 200 g/mol. The first-order chi connectivity index (χ1) is 6.00. The molecule has 3 N–H and O–H groups in total. The summed E-state index contributed by atoms with van der Waals surface area (Å²) >= 11 is 5.03. The van der Waals surface area contributed by atoms with Gasteiger partial charge in [-0.25, -0.2) is 0 Å². The van der Waals surface area contributed by atoms with E-state index in [0.29, 0.717) is 10.6 Å². The van der Waals surface area contributed by atoms with Crippen LogP contribution in [0.4, 0.5) is 11.5 Å². The summed E-state index contributed by atoms with van der Waals surface area (Å²) < 4.78 is 3.43. The molecule has 0 aliphatic rings. The van der Waals surface area contributed by atoms with E-state index in [1.165, 1.54) is 4.57 Å². The van der Waals surface area contributed by atoms with Crippen LogP contribution in [-0.2, 0) is 14.1 Å². The quantitative estimate of drug-likeness (QED) is 0.630. The van der Waals surface area contributed by atoms with E-state index in [1.807, 2.05) is 0 Å². The maximum atomic E-state index is 11.4. The average Bonchev–Trinajstić information content (AvgIpc) is 2.13. The lowest BCUT2D eigenvalue weighted by atomic mass is 10.4. The molecule has 0 spiro atoms. The zero-order valence-electron chi connectivity index (χ0n) is 7.79. The number of hydrogen-bond acceptors (Lipinski definition) is 4. The van der Waals surface area contributed by atoms with Gasteiger partial charge >= 0.3 is 0 Å². The minimum Gasteiger partial charge on any atom is -0.391 e. The zero-order valence-corrected chi connectivity index (χ0v) is 8.60. The Balaban J connectivity index is 3.78. The number of nitrogens with zero attached hydrogens (tertiary/aromatic N) is 2. The molecule has 6 heteroatoms. The van der Waals surface area contributed by atoms with Crippen LogP contribution in [0.25, 0.3) is 0 Å². The second kappa shape index (κ2) is 3.21. The molecule has 0 fully saturated rings. The Labute approximate surface area is 80.8 Å². The number of nitrogens with one attached hydrogen (secondary N) is 1. The predicted molar refractivity (Wildman–Crippen MR) is 55.4 cm³/mol. The summed E-state index contributed by atoms with van der Waals surface area (Å²) in [6, 6.07) is 0. The molecule has 0 aromatic carbocycles. The van der Waals surface area contributed by atoms with Gasteiger partial charge in [0.05, 0.1) is 0 Å². The highest BCUT2D eigenvalue weighted by Crippen LogP contribution is 2.11. The molecule has 1 aromatic heterocycles. The van der Waals surface area contributed by atoms with E-state index in [-0.39, 0.29) is 11.2 Å². The topological polar surface area (TPSA) is 65.0 Å². The summed E-state index contributed by atoms with van der Waals surface area (Å²) in [6.45, 7) is 0. The SMILES string of the molecule is CNc1c(N)c(=O)n(C)c(=S)n1C. The molecule has 0 saturated carbocycles.